The number of ether oxygens (including phenoxy) is 1. The molecule has 39 heavy (non-hydrogen) atoms. The number of aryl methyl sites for hydroxylation is 1. The van der Waals surface area contributed by atoms with Crippen molar-refractivity contribution in [3.63, 3.8) is 0 Å². The smallest absolute Gasteiger partial charge is 0.343 e. The average molecular weight is 577 g/mol. The summed E-state index contributed by atoms with van der Waals surface area (Å²) >= 11 is 3.42. The van der Waals surface area contributed by atoms with Crippen molar-refractivity contribution < 1.29 is 14.3 Å². The largest absolute Gasteiger partial charge is 0.422 e. The highest BCUT2D eigenvalue weighted by atomic mass is 79.9. The van der Waals surface area contributed by atoms with Gasteiger partial charge in [0.15, 0.2) is 0 Å². The van der Waals surface area contributed by atoms with E-state index < -0.39 is 11.9 Å². The van der Waals surface area contributed by atoms with Crippen LogP contribution in [0.1, 0.15) is 37.5 Å². The van der Waals surface area contributed by atoms with Crippen molar-refractivity contribution >= 4 is 44.9 Å². The number of nitrogens with zero attached hydrogens (tertiary/aromatic N) is 2. The molecular weight excluding hydrogens is 556 g/mol. The van der Waals surface area contributed by atoms with Crippen LogP contribution in [0.25, 0.3) is 22.0 Å². The fourth-order valence-corrected chi connectivity index (χ4v) is 4.54. The van der Waals surface area contributed by atoms with Gasteiger partial charge < -0.3 is 9.72 Å². The highest BCUT2D eigenvalue weighted by Crippen LogP contribution is 2.34. The zero-order valence-electron chi connectivity index (χ0n) is 20.7. The molecule has 0 unspecified atom stereocenters. The van der Waals surface area contributed by atoms with Gasteiger partial charge in [-0.1, -0.05) is 76.1 Å². The maximum absolute atomic E-state index is 13.3. The van der Waals surface area contributed by atoms with Crippen molar-refractivity contribution in [2.24, 2.45) is 5.10 Å². The van der Waals surface area contributed by atoms with Crippen LogP contribution in [0.2, 0.25) is 0 Å². The van der Waals surface area contributed by atoms with Crippen molar-refractivity contribution in [3.8, 4) is 22.9 Å². The molecule has 0 fully saturated rings. The van der Waals surface area contributed by atoms with Crippen molar-refractivity contribution in [3.05, 3.63) is 123 Å². The quantitative estimate of drug-likeness (QED) is 0.101. The Morgan fingerprint density at radius 1 is 1.00 bits per heavy atom. The molecule has 1 amide bonds. The number of amides is 1. The van der Waals surface area contributed by atoms with Crippen LogP contribution >= 0.6 is 15.9 Å². The van der Waals surface area contributed by atoms with Crippen molar-refractivity contribution in [2.75, 3.05) is 0 Å². The number of esters is 1. The first-order chi connectivity index (χ1) is 18.9. The summed E-state index contributed by atoms with van der Waals surface area (Å²) in [5, 5.41) is 14.5. The highest BCUT2D eigenvalue weighted by molar-refractivity contribution is 9.10. The fourth-order valence-electron chi connectivity index (χ4n) is 4.16. The molecule has 0 saturated carbocycles. The number of hydrogen-bond acceptors (Lipinski definition) is 5. The molecule has 5 rings (SSSR count). The SMILES string of the molecule is Cc1ccc(C(=O)Oc2ccc(Br)cc2C=NNC(=O)c2[nH]c3c(C#N)cccc3c2-c2ccccc2)cc1. The summed E-state index contributed by atoms with van der Waals surface area (Å²) < 4.78 is 6.36. The first-order valence-corrected chi connectivity index (χ1v) is 12.8. The third-order valence-electron chi connectivity index (χ3n) is 6.08. The molecule has 1 aromatic heterocycles. The molecular formula is C31H21BrN4O3. The molecule has 2 N–H and O–H groups in total. The summed E-state index contributed by atoms with van der Waals surface area (Å²) in [4.78, 5) is 29.1. The monoisotopic (exact) mass is 576 g/mol. The number of carbonyl (C=O) groups is 2. The number of nitrogens with one attached hydrogen (secondary N) is 2. The van der Waals surface area contributed by atoms with Crippen molar-refractivity contribution in [1.82, 2.24) is 10.4 Å². The predicted octanol–water partition coefficient (Wildman–Crippen LogP) is 6.76. The molecule has 5 aromatic rings. The van der Waals surface area contributed by atoms with Gasteiger partial charge in [-0.2, -0.15) is 10.4 Å². The van der Waals surface area contributed by atoms with E-state index in [-0.39, 0.29) is 11.4 Å². The summed E-state index contributed by atoms with van der Waals surface area (Å²) in [6.07, 6.45) is 1.41. The maximum Gasteiger partial charge on any atom is 0.343 e. The van der Waals surface area contributed by atoms with E-state index in [0.29, 0.717) is 27.8 Å². The molecule has 0 saturated heterocycles. The van der Waals surface area contributed by atoms with Crippen LogP contribution in [0.5, 0.6) is 5.75 Å². The number of fused-ring (bicyclic) bond motifs is 1. The van der Waals surface area contributed by atoms with Gasteiger partial charge in [0, 0.05) is 21.0 Å². The van der Waals surface area contributed by atoms with Crippen LogP contribution in [-0.2, 0) is 0 Å². The lowest BCUT2D eigenvalue weighted by Gasteiger charge is -2.08. The zero-order chi connectivity index (χ0) is 27.4. The van der Waals surface area contributed by atoms with Crippen LogP contribution < -0.4 is 10.2 Å². The Morgan fingerprint density at radius 3 is 2.51 bits per heavy atom. The van der Waals surface area contributed by atoms with Gasteiger partial charge in [-0.3, -0.25) is 4.79 Å². The van der Waals surface area contributed by atoms with E-state index in [1.807, 2.05) is 55.5 Å². The van der Waals surface area contributed by atoms with Gasteiger partial charge in [-0.15, -0.1) is 0 Å². The van der Waals surface area contributed by atoms with Gasteiger partial charge in [0.25, 0.3) is 5.91 Å². The zero-order valence-corrected chi connectivity index (χ0v) is 22.3. The van der Waals surface area contributed by atoms with Gasteiger partial charge in [0.1, 0.15) is 17.5 Å². The van der Waals surface area contributed by atoms with E-state index in [2.05, 4.69) is 37.5 Å². The topological polar surface area (TPSA) is 107 Å². The third kappa shape index (κ3) is 5.49. The lowest BCUT2D eigenvalue weighted by Crippen LogP contribution is -2.19. The first kappa shape index (κ1) is 25.6. The molecule has 0 bridgehead atoms. The summed E-state index contributed by atoms with van der Waals surface area (Å²) in [6, 6.07) is 29.2. The predicted molar refractivity (Wildman–Crippen MR) is 154 cm³/mol. The average Bonchev–Trinajstić information content (AvgIpc) is 3.35. The summed E-state index contributed by atoms with van der Waals surface area (Å²) in [6.45, 7) is 1.94. The van der Waals surface area contributed by atoms with Crippen LogP contribution in [0, 0.1) is 18.3 Å². The normalized spacial score (nSPS) is 10.9. The standard InChI is InChI=1S/C31H21BrN4O3/c1-19-10-12-21(13-11-19)31(38)39-26-15-14-24(32)16-23(26)18-34-36-30(37)29-27(20-6-3-2-4-7-20)25-9-5-8-22(17-33)28(25)35-29/h2-16,18,35H,1H3,(H,36,37). The minimum absolute atomic E-state index is 0.274. The number of benzene rings is 4. The lowest BCUT2D eigenvalue weighted by molar-refractivity contribution is 0.0734. The number of hydrogen-bond donors (Lipinski definition) is 2. The molecule has 4 aromatic carbocycles. The van der Waals surface area contributed by atoms with Crippen LogP contribution in [0.15, 0.2) is 101 Å². The number of carbonyl (C=O) groups excluding carboxylic acids is 2. The summed E-state index contributed by atoms with van der Waals surface area (Å²) in [5.41, 5.74) is 7.27. The number of hydrazone groups is 1. The number of nitriles is 1. The highest BCUT2D eigenvalue weighted by Gasteiger charge is 2.20. The van der Waals surface area contributed by atoms with E-state index in [1.54, 1.807) is 42.5 Å². The number of aromatic nitrogens is 1. The number of para-hydroxylation sites is 1. The number of rotatable bonds is 6. The first-order valence-electron chi connectivity index (χ1n) is 12.0. The van der Waals surface area contributed by atoms with Crippen molar-refractivity contribution in [1.29, 1.82) is 5.26 Å². The minimum atomic E-state index is -0.505. The Labute approximate surface area is 232 Å². The minimum Gasteiger partial charge on any atom is -0.422 e. The number of halogens is 1. The molecule has 0 spiro atoms. The second kappa shape index (κ2) is 11.2. The van der Waals surface area contributed by atoms with Crippen LogP contribution in [0.3, 0.4) is 0 Å². The lowest BCUT2D eigenvalue weighted by atomic mass is 10.0. The van der Waals surface area contributed by atoms with Crippen LogP contribution in [-0.4, -0.2) is 23.1 Å². The molecule has 1 heterocycles. The van der Waals surface area contributed by atoms with Crippen LogP contribution in [0.4, 0.5) is 0 Å². The Kier molecular flexibility index (Phi) is 7.34. The number of H-pyrrole nitrogens is 1. The van der Waals surface area contributed by atoms with Gasteiger partial charge in [0.05, 0.1) is 22.9 Å². The molecule has 0 aliphatic carbocycles. The molecule has 190 valence electrons. The van der Waals surface area contributed by atoms with E-state index in [4.69, 9.17) is 4.74 Å². The molecule has 7 nitrogen and oxygen atoms in total. The second-order valence-electron chi connectivity index (χ2n) is 8.72. The molecule has 0 atom stereocenters. The van der Waals surface area contributed by atoms with Gasteiger partial charge in [-0.05, 0) is 48.9 Å². The Hall–Kier alpha value is -5.00. The maximum atomic E-state index is 13.3. The molecule has 8 heteroatoms. The molecule has 0 aliphatic heterocycles. The summed E-state index contributed by atoms with van der Waals surface area (Å²) in [5.74, 6) is -0.704. The molecule has 0 radical (unpaired) electrons. The van der Waals surface area contributed by atoms with Crippen molar-refractivity contribution in [2.45, 2.75) is 6.92 Å². The molecule has 0 aliphatic rings. The van der Waals surface area contributed by atoms with Gasteiger partial charge >= 0.3 is 5.97 Å². The Balaban J connectivity index is 1.43. The van der Waals surface area contributed by atoms with Gasteiger partial charge in [-0.25, -0.2) is 10.2 Å². The van der Waals surface area contributed by atoms with E-state index in [0.717, 1.165) is 21.0 Å². The van der Waals surface area contributed by atoms with E-state index >= 15 is 0 Å². The third-order valence-corrected chi connectivity index (χ3v) is 6.57. The van der Waals surface area contributed by atoms with E-state index in [9.17, 15) is 14.9 Å². The number of aromatic amines is 1. The summed E-state index contributed by atoms with van der Waals surface area (Å²) in [7, 11) is 0. The Morgan fingerprint density at radius 2 is 1.77 bits per heavy atom. The Bertz CT molecular complexity index is 1770. The second-order valence-corrected chi connectivity index (χ2v) is 9.63. The van der Waals surface area contributed by atoms with Gasteiger partial charge in [0.2, 0.25) is 0 Å². The fraction of sp³-hybridized carbons (Fsp3) is 0.0323. The van der Waals surface area contributed by atoms with E-state index in [1.165, 1.54) is 6.21 Å².